The van der Waals surface area contributed by atoms with Crippen LogP contribution >= 0.6 is 11.3 Å². The third-order valence-corrected chi connectivity index (χ3v) is 7.02. The Morgan fingerprint density at radius 3 is 2.46 bits per heavy atom. The second-order valence-electron chi connectivity index (χ2n) is 7.55. The number of aromatic nitrogens is 2. The fourth-order valence-corrected chi connectivity index (χ4v) is 5.02. The molecule has 0 unspecified atom stereocenters. The van der Waals surface area contributed by atoms with E-state index in [9.17, 15) is 4.79 Å². The number of piperazine rings is 1. The highest BCUT2D eigenvalue weighted by Gasteiger charge is 2.31. The minimum absolute atomic E-state index is 0.164. The normalized spacial score (nSPS) is 20.1. The SMILES string of the molecule is Cc1sc2ncnc(N3CCC(C(=O)N4CCN(C)CC4)CC3)c2c1C. The van der Waals surface area contributed by atoms with Crippen molar-refractivity contribution in [3.05, 3.63) is 16.8 Å². The van der Waals surface area contributed by atoms with Gasteiger partial charge in [-0.25, -0.2) is 9.97 Å². The van der Waals surface area contributed by atoms with E-state index in [2.05, 4.69) is 45.6 Å². The molecule has 140 valence electrons. The van der Waals surface area contributed by atoms with Gasteiger partial charge in [-0.2, -0.15) is 0 Å². The average molecular weight is 374 g/mol. The van der Waals surface area contributed by atoms with Crippen molar-refractivity contribution in [1.82, 2.24) is 19.8 Å². The minimum Gasteiger partial charge on any atom is -0.356 e. The molecule has 4 heterocycles. The Morgan fingerprint density at radius 1 is 1.08 bits per heavy atom. The van der Waals surface area contributed by atoms with Crippen LogP contribution in [0.3, 0.4) is 0 Å². The first-order chi connectivity index (χ1) is 12.5. The van der Waals surface area contributed by atoms with Crippen molar-refractivity contribution in [2.24, 2.45) is 5.92 Å². The van der Waals surface area contributed by atoms with Crippen LogP contribution in [-0.2, 0) is 4.79 Å². The molecule has 0 spiro atoms. The second-order valence-corrected chi connectivity index (χ2v) is 8.75. The number of hydrogen-bond donors (Lipinski definition) is 0. The quantitative estimate of drug-likeness (QED) is 0.808. The molecular weight excluding hydrogens is 346 g/mol. The van der Waals surface area contributed by atoms with Crippen LogP contribution in [0.5, 0.6) is 0 Å². The second kappa shape index (κ2) is 7.12. The van der Waals surface area contributed by atoms with Gasteiger partial charge >= 0.3 is 0 Å². The van der Waals surface area contributed by atoms with Crippen LogP contribution in [0.4, 0.5) is 5.82 Å². The molecule has 1 amide bonds. The molecule has 0 atom stereocenters. The molecule has 2 saturated heterocycles. The summed E-state index contributed by atoms with van der Waals surface area (Å²) in [5, 5.41) is 1.19. The van der Waals surface area contributed by atoms with Crippen LogP contribution in [-0.4, -0.2) is 72.0 Å². The molecule has 4 rings (SSSR count). The number of carbonyl (C=O) groups excluding carboxylic acids is 1. The number of likely N-dealkylation sites (N-methyl/N-ethyl adjacent to an activating group) is 1. The van der Waals surface area contributed by atoms with Crippen molar-refractivity contribution < 1.29 is 4.79 Å². The maximum Gasteiger partial charge on any atom is 0.225 e. The number of amides is 1. The van der Waals surface area contributed by atoms with E-state index in [1.165, 1.54) is 15.8 Å². The van der Waals surface area contributed by atoms with Crippen LogP contribution in [0, 0.1) is 19.8 Å². The van der Waals surface area contributed by atoms with Gasteiger partial charge in [-0.05, 0) is 39.3 Å². The van der Waals surface area contributed by atoms with Gasteiger partial charge in [0.05, 0.1) is 5.39 Å². The maximum atomic E-state index is 12.8. The number of thiophene rings is 1. The third-order valence-electron chi connectivity index (χ3n) is 5.90. The number of piperidine rings is 1. The summed E-state index contributed by atoms with van der Waals surface area (Å²) in [4.78, 5) is 31.0. The van der Waals surface area contributed by atoms with Crippen molar-refractivity contribution in [1.29, 1.82) is 0 Å². The Labute approximate surface area is 158 Å². The zero-order valence-electron chi connectivity index (χ0n) is 15.9. The maximum absolute atomic E-state index is 12.8. The first-order valence-corrected chi connectivity index (χ1v) is 10.3. The standard InChI is InChI=1S/C19H27N5OS/c1-13-14(2)26-18-16(13)17(20-12-21-18)23-6-4-15(5-7-23)19(25)24-10-8-22(3)9-11-24/h12,15H,4-11H2,1-3H3. The van der Waals surface area contributed by atoms with Crippen LogP contribution < -0.4 is 4.90 Å². The van der Waals surface area contributed by atoms with E-state index in [0.29, 0.717) is 5.91 Å². The lowest BCUT2D eigenvalue weighted by Crippen LogP contribution is -2.50. The van der Waals surface area contributed by atoms with E-state index < -0.39 is 0 Å². The van der Waals surface area contributed by atoms with Gasteiger partial charge in [-0.15, -0.1) is 11.3 Å². The molecule has 0 aromatic carbocycles. The lowest BCUT2D eigenvalue weighted by atomic mass is 9.94. The van der Waals surface area contributed by atoms with Gasteiger partial charge < -0.3 is 14.7 Å². The molecule has 0 bridgehead atoms. The largest absolute Gasteiger partial charge is 0.356 e. The molecular formula is C19H27N5OS. The van der Waals surface area contributed by atoms with Gasteiger partial charge in [-0.1, -0.05) is 0 Å². The van der Waals surface area contributed by atoms with Gasteiger partial charge in [0.2, 0.25) is 5.91 Å². The summed E-state index contributed by atoms with van der Waals surface area (Å²) in [7, 11) is 2.12. The Morgan fingerprint density at radius 2 is 1.77 bits per heavy atom. The summed E-state index contributed by atoms with van der Waals surface area (Å²) in [6, 6.07) is 0. The molecule has 2 aromatic heterocycles. The Hall–Kier alpha value is -1.73. The first-order valence-electron chi connectivity index (χ1n) is 9.47. The van der Waals surface area contributed by atoms with Crippen molar-refractivity contribution in [2.75, 3.05) is 51.2 Å². The number of nitrogens with zero attached hydrogens (tertiary/aromatic N) is 5. The van der Waals surface area contributed by atoms with Gasteiger partial charge in [0.25, 0.3) is 0 Å². The fraction of sp³-hybridized carbons (Fsp3) is 0.632. The van der Waals surface area contributed by atoms with Gasteiger partial charge in [0.1, 0.15) is 17.0 Å². The van der Waals surface area contributed by atoms with Gasteiger partial charge in [0, 0.05) is 50.1 Å². The van der Waals surface area contributed by atoms with E-state index in [4.69, 9.17) is 0 Å². The molecule has 2 aromatic rings. The summed E-state index contributed by atoms with van der Waals surface area (Å²) in [6.07, 6.45) is 3.51. The zero-order valence-corrected chi connectivity index (χ0v) is 16.7. The van der Waals surface area contributed by atoms with Crippen molar-refractivity contribution in [3.63, 3.8) is 0 Å². The topological polar surface area (TPSA) is 52.6 Å². The third kappa shape index (κ3) is 3.18. The highest BCUT2D eigenvalue weighted by molar-refractivity contribution is 7.18. The average Bonchev–Trinajstić information content (AvgIpc) is 2.96. The minimum atomic E-state index is 0.164. The van der Waals surface area contributed by atoms with Gasteiger partial charge in [-0.3, -0.25) is 4.79 Å². The van der Waals surface area contributed by atoms with Crippen molar-refractivity contribution in [2.45, 2.75) is 26.7 Å². The number of fused-ring (bicyclic) bond motifs is 1. The van der Waals surface area contributed by atoms with E-state index >= 15 is 0 Å². The Bertz CT molecular complexity index is 804. The molecule has 26 heavy (non-hydrogen) atoms. The molecule has 0 N–H and O–H groups in total. The molecule has 0 radical (unpaired) electrons. The van der Waals surface area contributed by atoms with Crippen molar-refractivity contribution in [3.8, 4) is 0 Å². The van der Waals surface area contributed by atoms with Crippen LogP contribution in [0.25, 0.3) is 10.2 Å². The molecule has 7 heteroatoms. The highest BCUT2D eigenvalue weighted by Crippen LogP contribution is 2.35. The van der Waals surface area contributed by atoms with E-state index in [0.717, 1.165) is 62.8 Å². The monoisotopic (exact) mass is 373 g/mol. The van der Waals surface area contributed by atoms with Crippen LogP contribution in [0.2, 0.25) is 0 Å². The molecule has 6 nitrogen and oxygen atoms in total. The van der Waals surface area contributed by atoms with E-state index in [1.54, 1.807) is 17.7 Å². The predicted molar refractivity (Wildman–Crippen MR) is 106 cm³/mol. The smallest absolute Gasteiger partial charge is 0.225 e. The summed E-state index contributed by atoms with van der Waals surface area (Å²) in [5.41, 5.74) is 1.29. The number of hydrogen-bond acceptors (Lipinski definition) is 6. The number of anilines is 1. The predicted octanol–water partition coefficient (Wildman–Crippen LogP) is 2.30. The first kappa shape index (κ1) is 17.7. The van der Waals surface area contributed by atoms with Crippen LogP contribution in [0.1, 0.15) is 23.3 Å². The van der Waals surface area contributed by atoms with E-state index in [1.807, 2.05) is 0 Å². The molecule has 2 aliphatic heterocycles. The lowest BCUT2D eigenvalue weighted by Gasteiger charge is -2.38. The summed E-state index contributed by atoms with van der Waals surface area (Å²) in [6.45, 7) is 9.80. The summed E-state index contributed by atoms with van der Waals surface area (Å²) >= 11 is 1.74. The molecule has 2 fully saturated rings. The number of carbonyl (C=O) groups is 1. The molecule has 2 aliphatic rings. The summed E-state index contributed by atoms with van der Waals surface area (Å²) < 4.78 is 0. The summed E-state index contributed by atoms with van der Waals surface area (Å²) in [5.74, 6) is 1.56. The number of rotatable bonds is 2. The number of aryl methyl sites for hydroxylation is 2. The van der Waals surface area contributed by atoms with E-state index in [-0.39, 0.29) is 5.92 Å². The zero-order chi connectivity index (χ0) is 18.3. The van der Waals surface area contributed by atoms with Crippen molar-refractivity contribution >= 4 is 33.3 Å². The highest BCUT2D eigenvalue weighted by atomic mass is 32.1. The Balaban J connectivity index is 1.45. The lowest BCUT2D eigenvalue weighted by molar-refractivity contribution is -0.137. The molecule has 0 saturated carbocycles. The molecule has 0 aliphatic carbocycles. The Kier molecular flexibility index (Phi) is 4.84. The van der Waals surface area contributed by atoms with Crippen LogP contribution in [0.15, 0.2) is 6.33 Å². The van der Waals surface area contributed by atoms with Gasteiger partial charge in [0.15, 0.2) is 0 Å². The fourth-order valence-electron chi connectivity index (χ4n) is 4.03.